The van der Waals surface area contributed by atoms with Gasteiger partial charge in [0.1, 0.15) is 17.0 Å². The van der Waals surface area contributed by atoms with E-state index < -0.39 is 24.2 Å². The quantitative estimate of drug-likeness (QED) is 0.847. The van der Waals surface area contributed by atoms with Crippen molar-refractivity contribution in [3.8, 4) is 11.5 Å². The minimum Gasteiger partial charge on any atom is -0.497 e. The van der Waals surface area contributed by atoms with Crippen LogP contribution < -0.4 is 19.7 Å². The van der Waals surface area contributed by atoms with Gasteiger partial charge < -0.3 is 14.8 Å². The van der Waals surface area contributed by atoms with Crippen molar-refractivity contribution in [2.75, 3.05) is 25.8 Å². The third-order valence-electron chi connectivity index (χ3n) is 3.86. The number of hydrogen-bond donors (Lipinski definition) is 1. The number of halogens is 1. The van der Waals surface area contributed by atoms with Gasteiger partial charge in [-0.1, -0.05) is 0 Å². The summed E-state index contributed by atoms with van der Waals surface area (Å²) in [5.41, 5.74) is -0.258. The zero-order valence-corrected chi connectivity index (χ0v) is 13.0. The molecule has 1 fully saturated rings. The number of carbonyl (C=O) groups is 2. The third-order valence-corrected chi connectivity index (χ3v) is 3.86. The molecular weight excluding hydrogens is 291 g/mol. The molecule has 1 N–H and O–H groups in total. The summed E-state index contributed by atoms with van der Waals surface area (Å²) in [5.74, 6) is 0.458. The molecule has 1 heterocycles. The molecular formula is C15H19FN2O4. The first kappa shape index (κ1) is 16.1. The van der Waals surface area contributed by atoms with Gasteiger partial charge in [-0.25, -0.2) is 9.69 Å². The maximum atomic E-state index is 12.7. The van der Waals surface area contributed by atoms with Gasteiger partial charge in [0, 0.05) is 24.1 Å². The number of methoxy groups -OCH3 is 2. The van der Waals surface area contributed by atoms with Crippen LogP contribution in [0.2, 0.25) is 0 Å². The highest BCUT2D eigenvalue weighted by Gasteiger charge is 2.48. The largest absolute Gasteiger partial charge is 0.497 e. The maximum absolute atomic E-state index is 12.7. The second-order valence-electron chi connectivity index (χ2n) is 5.32. The van der Waals surface area contributed by atoms with Crippen LogP contribution in [0.15, 0.2) is 12.1 Å². The first-order chi connectivity index (χ1) is 10.4. The molecule has 1 aliphatic rings. The monoisotopic (exact) mass is 310 g/mol. The molecule has 1 unspecified atom stereocenters. The van der Waals surface area contributed by atoms with Gasteiger partial charge in [-0.05, 0) is 13.8 Å². The smallest absolute Gasteiger partial charge is 0.329 e. The van der Waals surface area contributed by atoms with Gasteiger partial charge in [0.25, 0.3) is 5.91 Å². The van der Waals surface area contributed by atoms with E-state index >= 15 is 0 Å². The predicted octanol–water partition coefficient (Wildman–Crippen LogP) is 2.19. The number of imide groups is 1. The number of benzene rings is 1. The number of carbonyl (C=O) groups excluding carboxylic acids is 2. The van der Waals surface area contributed by atoms with E-state index in [1.165, 1.54) is 21.1 Å². The molecule has 3 amide bonds. The summed E-state index contributed by atoms with van der Waals surface area (Å²) in [6.07, 6.45) is -0.0752. The first-order valence-electron chi connectivity index (χ1n) is 6.83. The molecule has 120 valence electrons. The molecule has 1 aliphatic heterocycles. The molecule has 0 bridgehead atoms. The molecule has 0 saturated carbocycles. The lowest BCUT2D eigenvalue weighted by Gasteiger charge is -2.21. The predicted molar refractivity (Wildman–Crippen MR) is 79.3 cm³/mol. The minimum atomic E-state index is -1.24. The average Bonchev–Trinajstić information content (AvgIpc) is 2.70. The summed E-state index contributed by atoms with van der Waals surface area (Å²) in [7, 11) is 2.97. The van der Waals surface area contributed by atoms with Crippen LogP contribution in [0.4, 0.5) is 14.9 Å². The zero-order valence-electron chi connectivity index (χ0n) is 13.0. The molecule has 7 heteroatoms. The number of amides is 3. The topological polar surface area (TPSA) is 67.9 Å². The molecule has 1 aromatic rings. The molecule has 1 atom stereocenters. The Morgan fingerprint density at radius 2 is 1.95 bits per heavy atom. The van der Waals surface area contributed by atoms with Gasteiger partial charge in [-0.2, -0.15) is 0 Å². The Morgan fingerprint density at radius 3 is 2.50 bits per heavy atom. The highest BCUT2D eigenvalue weighted by Crippen LogP contribution is 2.37. The molecule has 0 radical (unpaired) electrons. The lowest BCUT2D eigenvalue weighted by Crippen LogP contribution is -2.44. The highest BCUT2D eigenvalue weighted by atomic mass is 19.1. The lowest BCUT2D eigenvalue weighted by molar-refractivity contribution is -0.121. The van der Waals surface area contributed by atoms with Crippen molar-refractivity contribution in [2.24, 2.45) is 0 Å². The second kappa shape index (κ2) is 5.82. The first-order valence-corrected chi connectivity index (χ1v) is 6.83. The molecule has 6 nitrogen and oxygen atoms in total. The van der Waals surface area contributed by atoms with Crippen LogP contribution in [0.3, 0.4) is 0 Å². The fourth-order valence-corrected chi connectivity index (χ4v) is 2.47. The van der Waals surface area contributed by atoms with Gasteiger partial charge in [0.2, 0.25) is 0 Å². The van der Waals surface area contributed by atoms with Gasteiger partial charge in [0.15, 0.2) is 0 Å². The van der Waals surface area contributed by atoms with Crippen LogP contribution >= 0.6 is 0 Å². The van der Waals surface area contributed by atoms with Crippen molar-refractivity contribution in [1.29, 1.82) is 0 Å². The van der Waals surface area contributed by atoms with Gasteiger partial charge in [-0.3, -0.25) is 9.18 Å². The Labute approximate surface area is 128 Å². The number of alkyl halides is 1. The Kier molecular flexibility index (Phi) is 4.25. The van der Waals surface area contributed by atoms with E-state index in [2.05, 4.69) is 5.32 Å². The number of anilines is 1. The average molecular weight is 310 g/mol. The highest BCUT2D eigenvalue weighted by molar-refractivity contribution is 6.23. The van der Waals surface area contributed by atoms with E-state index in [0.29, 0.717) is 22.7 Å². The SMILES string of the molecule is COc1cc(OC)c(C)c(N2C(=O)NC(C)(CCF)C2=O)c1. The molecule has 0 aromatic heterocycles. The third kappa shape index (κ3) is 2.47. The second-order valence-corrected chi connectivity index (χ2v) is 5.32. The molecule has 1 saturated heterocycles. The van der Waals surface area contributed by atoms with E-state index in [1.807, 2.05) is 0 Å². The van der Waals surface area contributed by atoms with Crippen LogP contribution in [0.25, 0.3) is 0 Å². The number of rotatable bonds is 5. The fraction of sp³-hybridized carbons (Fsp3) is 0.467. The van der Waals surface area contributed by atoms with E-state index in [0.717, 1.165) is 4.90 Å². The van der Waals surface area contributed by atoms with Crippen molar-refractivity contribution < 1.29 is 23.5 Å². The Morgan fingerprint density at radius 1 is 1.27 bits per heavy atom. The van der Waals surface area contributed by atoms with Crippen LogP contribution in [0.1, 0.15) is 18.9 Å². The number of hydrogen-bond acceptors (Lipinski definition) is 4. The molecule has 2 rings (SSSR count). The summed E-state index contributed by atoms with van der Waals surface area (Å²) in [6.45, 7) is 2.55. The van der Waals surface area contributed by atoms with Gasteiger partial charge in [-0.15, -0.1) is 0 Å². The Hall–Kier alpha value is -2.31. The van der Waals surface area contributed by atoms with Crippen molar-refractivity contribution in [1.82, 2.24) is 5.32 Å². The summed E-state index contributed by atoms with van der Waals surface area (Å²) in [6, 6.07) is 2.66. The number of urea groups is 1. The number of ether oxygens (including phenoxy) is 2. The molecule has 22 heavy (non-hydrogen) atoms. The summed E-state index contributed by atoms with van der Waals surface area (Å²) >= 11 is 0. The summed E-state index contributed by atoms with van der Waals surface area (Å²) in [5, 5.41) is 2.55. The summed E-state index contributed by atoms with van der Waals surface area (Å²) in [4.78, 5) is 25.8. The van der Waals surface area contributed by atoms with Crippen LogP contribution in [0.5, 0.6) is 11.5 Å². The Balaban J connectivity index is 2.52. The van der Waals surface area contributed by atoms with Crippen LogP contribution in [-0.4, -0.2) is 38.4 Å². The number of nitrogens with one attached hydrogen (secondary N) is 1. The van der Waals surface area contributed by atoms with Crippen molar-refractivity contribution in [3.63, 3.8) is 0 Å². The number of nitrogens with zero attached hydrogens (tertiary/aromatic N) is 1. The maximum Gasteiger partial charge on any atom is 0.329 e. The van der Waals surface area contributed by atoms with E-state index in [-0.39, 0.29) is 6.42 Å². The minimum absolute atomic E-state index is 0.0752. The van der Waals surface area contributed by atoms with Crippen LogP contribution in [-0.2, 0) is 4.79 Å². The molecule has 1 aromatic carbocycles. The zero-order chi connectivity index (χ0) is 16.5. The van der Waals surface area contributed by atoms with Crippen molar-refractivity contribution in [2.45, 2.75) is 25.8 Å². The normalized spacial score (nSPS) is 21.0. The van der Waals surface area contributed by atoms with Crippen molar-refractivity contribution in [3.05, 3.63) is 17.7 Å². The van der Waals surface area contributed by atoms with E-state index in [9.17, 15) is 14.0 Å². The summed E-state index contributed by atoms with van der Waals surface area (Å²) < 4.78 is 23.1. The lowest BCUT2D eigenvalue weighted by atomic mass is 9.98. The molecule has 0 aliphatic carbocycles. The fourth-order valence-electron chi connectivity index (χ4n) is 2.47. The van der Waals surface area contributed by atoms with E-state index in [1.54, 1.807) is 19.1 Å². The van der Waals surface area contributed by atoms with Crippen LogP contribution in [0, 0.1) is 6.92 Å². The van der Waals surface area contributed by atoms with Gasteiger partial charge in [0.05, 0.1) is 26.6 Å². The molecule has 0 spiro atoms. The van der Waals surface area contributed by atoms with Gasteiger partial charge >= 0.3 is 6.03 Å². The van der Waals surface area contributed by atoms with Crippen molar-refractivity contribution >= 4 is 17.6 Å². The van der Waals surface area contributed by atoms with E-state index in [4.69, 9.17) is 9.47 Å². The standard InChI is InChI=1S/C15H19FN2O4/c1-9-11(7-10(21-3)8-12(9)22-4)18-13(19)15(2,5-6-16)17-14(18)20/h7-8H,5-6H2,1-4H3,(H,17,20). The Bertz CT molecular complexity index is 620.